The lowest BCUT2D eigenvalue weighted by atomic mass is 9.97. The first-order valence-electron chi connectivity index (χ1n) is 20.2. The number of imidazole rings is 2. The molecule has 2 fully saturated rings. The zero-order valence-electron chi connectivity index (χ0n) is 34.1. The molecule has 59 heavy (non-hydrogen) atoms. The molecule has 0 spiro atoms. The normalized spacial score (nSPS) is 18.8. The number of alkyl carbamates (subject to hydrolysis) is 1. The molecule has 2 aromatic heterocycles. The van der Waals surface area contributed by atoms with Crippen LogP contribution in [0.1, 0.15) is 95.2 Å². The number of H-pyrrole nitrogens is 2. The maximum absolute atomic E-state index is 16.4. The number of ether oxygens (including phenoxy) is 2. The summed E-state index contributed by atoms with van der Waals surface area (Å²) >= 11 is 0. The molecule has 308 valence electrons. The van der Waals surface area contributed by atoms with Gasteiger partial charge in [-0.3, -0.25) is 9.69 Å². The smallest absolute Gasteiger partial charge is 0.410 e. The number of benzene rings is 3. The van der Waals surface area contributed by atoms with Crippen LogP contribution in [0.3, 0.4) is 0 Å². The number of carbonyl (C=O) groups excluding carboxylic acids is 3. The van der Waals surface area contributed by atoms with Gasteiger partial charge in [-0.1, -0.05) is 62.4 Å². The molecule has 3 atom stereocenters. The second kappa shape index (κ2) is 15.3. The third-order valence-electron chi connectivity index (χ3n) is 11.5. The summed E-state index contributed by atoms with van der Waals surface area (Å²) in [6.07, 6.45) is 5.41. The van der Waals surface area contributed by atoms with E-state index in [4.69, 9.17) is 9.47 Å². The number of halogens is 2. The molecule has 1 unspecified atom stereocenters. The van der Waals surface area contributed by atoms with Crippen molar-refractivity contribution in [2.75, 3.05) is 20.2 Å². The third-order valence-corrected chi connectivity index (χ3v) is 11.5. The topological polar surface area (TPSA) is 146 Å². The Bertz CT molecular complexity index is 2400. The van der Waals surface area contributed by atoms with Crippen LogP contribution in [0, 0.1) is 5.92 Å². The van der Waals surface area contributed by atoms with Crippen molar-refractivity contribution in [1.82, 2.24) is 35.1 Å². The number of aromatic amines is 2. The first-order chi connectivity index (χ1) is 28.1. The van der Waals surface area contributed by atoms with Gasteiger partial charge < -0.3 is 29.7 Å². The van der Waals surface area contributed by atoms with Crippen LogP contribution in [-0.4, -0.2) is 79.7 Å². The van der Waals surface area contributed by atoms with E-state index >= 15 is 8.78 Å². The minimum absolute atomic E-state index is 0.0544. The lowest BCUT2D eigenvalue weighted by Gasteiger charge is -2.30. The van der Waals surface area contributed by atoms with Crippen molar-refractivity contribution >= 4 is 18.1 Å². The Morgan fingerprint density at radius 2 is 1.29 bits per heavy atom. The summed E-state index contributed by atoms with van der Waals surface area (Å²) in [7, 11) is 1.26. The molecule has 0 bridgehead atoms. The average Bonchev–Trinajstić information content (AvgIpc) is 4.06. The van der Waals surface area contributed by atoms with Gasteiger partial charge in [0.2, 0.25) is 5.91 Å². The predicted octanol–water partition coefficient (Wildman–Crippen LogP) is 9.37. The Morgan fingerprint density at radius 1 is 0.780 bits per heavy atom. The Hall–Kier alpha value is -6.05. The monoisotopic (exact) mass is 805 g/mol. The van der Waals surface area contributed by atoms with Crippen LogP contribution in [-0.2, 0) is 20.2 Å². The Morgan fingerprint density at radius 3 is 1.86 bits per heavy atom. The number of carbonyl (C=O) groups is 3. The minimum Gasteiger partial charge on any atom is -0.453 e. The summed E-state index contributed by atoms with van der Waals surface area (Å²) in [6, 6.07) is 16.6. The standard InChI is InChI=1S/C45H49F2N7O5/c1-25(2)38(52-42(56)58-6)41(55)53-19-7-9-36(53)39-49-24-35(51-39)29-16-18-31-30-17-15-28(21-32(30)45(46,47)33(31)22-29)26-11-13-27(14-12-26)34-23-48-40(50-34)37-10-8-20-54(37)43(57)59-44(3,4)5/h11-18,21-25,36-38H,7-10,19-20H2,1-6H3,(H,48,50)(H,49,51)(H,52,56)/t36-,37-,38?/m0/s1. The minimum atomic E-state index is -3.24. The predicted molar refractivity (Wildman–Crippen MR) is 218 cm³/mol. The van der Waals surface area contributed by atoms with Crippen molar-refractivity contribution in [2.45, 2.75) is 90.0 Å². The lowest BCUT2D eigenvalue weighted by molar-refractivity contribution is -0.135. The fourth-order valence-electron chi connectivity index (χ4n) is 8.50. The Labute approximate surface area is 341 Å². The summed E-state index contributed by atoms with van der Waals surface area (Å²) in [5.74, 6) is -2.38. The van der Waals surface area contributed by atoms with Crippen molar-refractivity contribution in [3.05, 3.63) is 95.8 Å². The first kappa shape index (κ1) is 39.8. The van der Waals surface area contributed by atoms with E-state index in [1.54, 1.807) is 40.4 Å². The van der Waals surface area contributed by atoms with Crippen LogP contribution in [0.2, 0.25) is 0 Å². The summed E-state index contributed by atoms with van der Waals surface area (Å²) in [4.78, 5) is 57.8. The molecule has 1 aliphatic carbocycles. The molecule has 5 aromatic rings. The highest BCUT2D eigenvalue weighted by Crippen LogP contribution is 2.53. The third kappa shape index (κ3) is 7.56. The fourth-order valence-corrected chi connectivity index (χ4v) is 8.50. The van der Waals surface area contributed by atoms with Gasteiger partial charge in [-0.15, -0.1) is 0 Å². The van der Waals surface area contributed by atoms with Gasteiger partial charge >= 0.3 is 12.2 Å². The van der Waals surface area contributed by atoms with Crippen molar-refractivity contribution in [3.8, 4) is 44.8 Å². The van der Waals surface area contributed by atoms with E-state index in [1.165, 1.54) is 13.2 Å². The molecule has 3 aliphatic rings. The second-order valence-electron chi connectivity index (χ2n) is 16.9. The van der Waals surface area contributed by atoms with Crippen LogP contribution in [0.5, 0.6) is 0 Å². The maximum atomic E-state index is 16.4. The van der Waals surface area contributed by atoms with Crippen LogP contribution < -0.4 is 5.32 Å². The molecular weight excluding hydrogens is 757 g/mol. The number of fused-ring (bicyclic) bond motifs is 3. The van der Waals surface area contributed by atoms with Crippen molar-refractivity contribution in [3.63, 3.8) is 0 Å². The summed E-state index contributed by atoms with van der Waals surface area (Å²) in [6.45, 7) is 10.4. The largest absolute Gasteiger partial charge is 0.453 e. The molecule has 0 saturated carbocycles. The van der Waals surface area contributed by atoms with E-state index in [0.717, 1.165) is 36.1 Å². The van der Waals surface area contributed by atoms with Gasteiger partial charge in [0.05, 0.1) is 43.0 Å². The second-order valence-corrected chi connectivity index (χ2v) is 16.9. The molecular formula is C45H49F2N7O5. The summed E-state index contributed by atoms with van der Waals surface area (Å²) < 4.78 is 43.1. The van der Waals surface area contributed by atoms with Gasteiger partial charge in [0, 0.05) is 29.8 Å². The van der Waals surface area contributed by atoms with Crippen LogP contribution in [0.15, 0.2) is 73.1 Å². The molecule has 3 aromatic carbocycles. The molecule has 3 amide bonds. The first-order valence-corrected chi connectivity index (χ1v) is 20.2. The highest BCUT2D eigenvalue weighted by atomic mass is 19.3. The van der Waals surface area contributed by atoms with E-state index < -0.39 is 23.7 Å². The quantitative estimate of drug-likeness (QED) is 0.142. The van der Waals surface area contributed by atoms with Gasteiger partial charge in [-0.25, -0.2) is 19.6 Å². The van der Waals surface area contributed by atoms with Gasteiger partial charge in [0.25, 0.3) is 5.92 Å². The van der Waals surface area contributed by atoms with Crippen molar-refractivity contribution < 1.29 is 32.6 Å². The molecule has 12 nitrogen and oxygen atoms in total. The Balaban J connectivity index is 0.980. The van der Waals surface area contributed by atoms with Crippen molar-refractivity contribution in [2.24, 2.45) is 5.92 Å². The number of alkyl halides is 2. The number of aromatic nitrogens is 4. The highest BCUT2D eigenvalue weighted by Gasteiger charge is 2.45. The molecule has 8 rings (SSSR count). The van der Waals surface area contributed by atoms with Crippen LogP contribution >= 0.6 is 0 Å². The average molecular weight is 806 g/mol. The molecule has 0 radical (unpaired) electrons. The number of hydrogen-bond donors (Lipinski definition) is 3. The highest BCUT2D eigenvalue weighted by molar-refractivity contribution is 5.87. The van der Waals surface area contributed by atoms with Gasteiger partial charge in [-0.2, -0.15) is 8.78 Å². The van der Waals surface area contributed by atoms with Gasteiger partial charge in [-0.05, 0) is 92.3 Å². The fraction of sp³-hybridized carbons (Fsp3) is 0.400. The SMILES string of the molecule is COC(=O)NC(C(=O)N1CCC[C@H]1c1ncc(-c2ccc3c(c2)C(F)(F)c2cc(-c4ccc(-c5cnc([C@@H]6CCCN6C(=O)OC(C)(C)C)[nH]5)cc4)ccc2-3)[nH]1)C(C)C. The van der Waals surface area contributed by atoms with Gasteiger partial charge in [0.1, 0.15) is 23.3 Å². The van der Waals surface area contributed by atoms with E-state index in [1.807, 2.05) is 71.0 Å². The number of nitrogens with one attached hydrogen (secondary N) is 3. The Kier molecular flexibility index (Phi) is 10.3. The van der Waals surface area contributed by atoms with E-state index in [-0.39, 0.29) is 41.1 Å². The number of methoxy groups -OCH3 is 1. The van der Waals surface area contributed by atoms with E-state index in [9.17, 15) is 14.4 Å². The van der Waals surface area contributed by atoms with Crippen LogP contribution in [0.25, 0.3) is 44.8 Å². The molecule has 3 N–H and O–H groups in total. The molecule has 2 aliphatic heterocycles. The molecule has 2 saturated heterocycles. The number of likely N-dealkylation sites (tertiary alicyclic amines) is 2. The number of amides is 3. The van der Waals surface area contributed by atoms with E-state index in [0.29, 0.717) is 59.1 Å². The van der Waals surface area contributed by atoms with E-state index in [2.05, 4.69) is 25.3 Å². The number of hydrogen-bond acceptors (Lipinski definition) is 7. The molecule has 4 heterocycles. The lowest BCUT2D eigenvalue weighted by Crippen LogP contribution is -2.51. The van der Waals surface area contributed by atoms with Gasteiger partial charge in [0.15, 0.2) is 0 Å². The summed E-state index contributed by atoms with van der Waals surface area (Å²) in [5, 5.41) is 2.65. The number of rotatable bonds is 8. The maximum Gasteiger partial charge on any atom is 0.410 e. The zero-order chi connectivity index (χ0) is 41.8. The summed E-state index contributed by atoms with van der Waals surface area (Å²) in [5.41, 5.74) is 4.49. The number of nitrogens with zero attached hydrogens (tertiary/aromatic N) is 4. The molecule has 14 heteroatoms. The van der Waals surface area contributed by atoms with Crippen molar-refractivity contribution in [1.29, 1.82) is 0 Å². The zero-order valence-corrected chi connectivity index (χ0v) is 34.1. The van der Waals surface area contributed by atoms with Crippen LogP contribution in [0.4, 0.5) is 18.4 Å².